The molecule has 0 spiro atoms. The Morgan fingerprint density at radius 2 is 1.20 bits per heavy atom. The van der Waals surface area contributed by atoms with Crippen LogP contribution in [0.4, 0.5) is 0 Å². The van der Waals surface area contributed by atoms with E-state index in [-0.39, 0.29) is 0 Å². The van der Waals surface area contributed by atoms with Gasteiger partial charge in [0, 0.05) is 0 Å². The number of hydrogen-bond acceptors (Lipinski definition) is 0. The van der Waals surface area contributed by atoms with E-state index in [1.165, 1.54) is 75.7 Å². The molecule has 20 heavy (non-hydrogen) atoms. The molecular formula is C19H31Li. The average Bonchev–Trinajstić information content (AvgIpc) is 2.49. The first-order valence-electron chi connectivity index (χ1n) is 8.95. The van der Waals surface area contributed by atoms with Crippen LogP contribution in [0.1, 0.15) is 82.3 Å². The smallest absolute Gasteiger partial charge is 0.0654 e. The van der Waals surface area contributed by atoms with Gasteiger partial charge >= 0.3 is 116 Å². The normalized spacial score (nSPS) is 10.9. The summed E-state index contributed by atoms with van der Waals surface area (Å²) in [5, 5.41) is 1.17. The number of hydrogen-bond donors (Lipinski definition) is 0. The molecule has 0 N–H and O–H groups in total. The zero-order valence-electron chi connectivity index (χ0n) is 13.8. The van der Waals surface area contributed by atoms with Crippen LogP contribution in [0.25, 0.3) is 0 Å². The maximum atomic E-state index is 2.31. The molecule has 0 amide bonds. The molecule has 0 nitrogen and oxygen atoms in total. The Morgan fingerprint density at radius 3 is 1.75 bits per heavy atom. The van der Waals surface area contributed by atoms with Crippen LogP contribution in [0, 0.1) is 0 Å². The Hall–Kier alpha value is -0.183. The monoisotopic (exact) mass is 266 g/mol. The molecule has 0 bridgehead atoms. The molecule has 1 aromatic rings. The van der Waals surface area contributed by atoms with Gasteiger partial charge in [0.2, 0.25) is 0 Å². The fourth-order valence-corrected chi connectivity index (χ4v) is 2.95. The van der Waals surface area contributed by atoms with E-state index in [1.807, 2.05) is 0 Å². The van der Waals surface area contributed by atoms with E-state index in [0.717, 1.165) is 0 Å². The third kappa shape index (κ3) is 8.18. The Labute approximate surface area is 135 Å². The molecule has 0 unspecified atom stereocenters. The molecule has 0 radical (unpaired) electrons. The Morgan fingerprint density at radius 1 is 0.700 bits per heavy atom. The van der Waals surface area contributed by atoms with Gasteiger partial charge in [-0.25, -0.2) is 0 Å². The summed E-state index contributed by atoms with van der Waals surface area (Å²) < 4.78 is 0. The van der Waals surface area contributed by atoms with E-state index in [0.29, 0.717) is 0 Å². The minimum absolute atomic E-state index is 1.17. The van der Waals surface area contributed by atoms with Crippen LogP contribution >= 0.6 is 0 Å². The van der Waals surface area contributed by atoms with Crippen LogP contribution in [0.5, 0.6) is 0 Å². The van der Waals surface area contributed by atoms with Crippen molar-refractivity contribution in [1.82, 2.24) is 0 Å². The van der Waals surface area contributed by atoms with E-state index in [9.17, 15) is 0 Å². The molecule has 0 aromatic heterocycles. The summed E-state index contributed by atoms with van der Waals surface area (Å²) in [6.45, 7) is 2.29. The van der Waals surface area contributed by atoms with E-state index >= 15 is 0 Å². The topological polar surface area (TPSA) is 0 Å². The van der Waals surface area contributed by atoms with Crippen molar-refractivity contribution in [2.24, 2.45) is 0 Å². The summed E-state index contributed by atoms with van der Waals surface area (Å²) in [6.07, 6.45) is 15.5. The van der Waals surface area contributed by atoms with Gasteiger partial charge in [-0.05, 0) is 0 Å². The van der Waals surface area contributed by atoms with Crippen LogP contribution in [0.15, 0.2) is 24.3 Å². The van der Waals surface area contributed by atoms with Gasteiger partial charge in [0.25, 0.3) is 0 Å². The van der Waals surface area contributed by atoms with Gasteiger partial charge < -0.3 is 0 Å². The van der Waals surface area contributed by atoms with Crippen LogP contribution in [0.2, 0.25) is 0 Å². The molecule has 1 aromatic carbocycles. The van der Waals surface area contributed by atoms with E-state index in [2.05, 4.69) is 48.9 Å². The van der Waals surface area contributed by atoms with Gasteiger partial charge in [-0.2, -0.15) is 0 Å². The standard InChI is InChI=1S/C19H31.Li/c1-3-4-5-6-7-8-9-10-11-12-16-19-17-14-13-15-18(19)2;/h13-15,17H,2-12,16H2,1H3;. The summed E-state index contributed by atoms with van der Waals surface area (Å²) in [7, 11) is 0. The van der Waals surface area contributed by atoms with Crippen molar-refractivity contribution >= 4 is 17.7 Å². The Balaban J connectivity index is 1.97. The maximum absolute atomic E-state index is 2.31. The number of aryl methyl sites for hydroxylation is 1. The number of benzene rings is 1. The molecule has 1 rings (SSSR count). The first kappa shape index (κ1) is 17.9. The summed E-state index contributed by atoms with van der Waals surface area (Å²) in [6, 6.07) is 8.95. The van der Waals surface area contributed by atoms with Crippen molar-refractivity contribution in [2.75, 3.05) is 0 Å². The van der Waals surface area contributed by atoms with Crippen molar-refractivity contribution in [1.29, 1.82) is 0 Å². The van der Waals surface area contributed by atoms with Crippen LogP contribution in [0.3, 0.4) is 0 Å². The SMILES string of the molecule is [Li][CH2]c1ccccc1CCCCCCCCCCCC. The van der Waals surface area contributed by atoms with Gasteiger partial charge in [0.15, 0.2) is 0 Å². The quantitative estimate of drug-likeness (QED) is 0.330. The van der Waals surface area contributed by atoms with Crippen molar-refractivity contribution in [3.05, 3.63) is 35.4 Å². The van der Waals surface area contributed by atoms with E-state index in [1.54, 1.807) is 11.1 Å². The average molecular weight is 266 g/mol. The number of rotatable bonds is 12. The minimum Gasteiger partial charge on any atom is -0.0654 e. The molecular weight excluding hydrogens is 235 g/mol. The summed E-state index contributed by atoms with van der Waals surface area (Å²) in [4.78, 5) is 0. The van der Waals surface area contributed by atoms with Gasteiger partial charge in [0.1, 0.15) is 0 Å². The van der Waals surface area contributed by atoms with E-state index in [4.69, 9.17) is 0 Å². The summed E-state index contributed by atoms with van der Waals surface area (Å²) >= 11 is 2.26. The predicted octanol–water partition coefficient (Wildman–Crippen LogP) is 5.82. The zero-order valence-corrected chi connectivity index (χ0v) is 13.8. The van der Waals surface area contributed by atoms with Gasteiger partial charge in [-0.15, -0.1) is 0 Å². The van der Waals surface area contributed by atoms with Crippen LogP contribution in [-0.4, -0.2) is 17.7 Å². The number of unbranched alkanes of at least 4 members (excludes halogenated alkanes) is 9. The zero-order chi connectivity index (χ0) is 14.5. The van der Waals surface area contributed by atoms with E-state index < -0.39 is 0 Å². The Bertz CT molecular complexity index is 332. The van der Waals surface area contributed by atoms with Crippen molar-refractivity contribution in [3.63, 3.8) is 0 Å². The van der Waals surface area contributed by atoms with Crippen molar-refractivity contribution in [2.45, 2.75) is 82.6 Å². The predicted molar refractivity (Wildman–Crippen MR) is 91.4 cm³/mol. The van der Waals surface area contributed by atoms with Crippen LogP contribution < -0.4 is 0 Å². The summed E-state index contributed by atoms with van der Waals surface area (Å²) in [5.74, 6) is 0. The molecule has 0 atom stereocenters. The molecule has 0 heterocycles. The molecule has 0 fully saturated rings. The van der Waals surface area contributed by atoms with Gasteiger partial charge in [-0.3, -0.25) is 0 Å². The fraction of sp³-hybridized carbons (Fsp3) is 0.684. The Kier molecular flexibility index (Phi) is 11.2. The fourth-order valence-electron chi connectivity index (χ4n) is 2.95. The molecule has 1 heteroatoms. The molecule has 0 saturated heterocycles. The molecule has 0 aliphatic rings. The van der Waals surface area contributed by atoms with Crippen LogP contribution in [-0.2, 0) is 11.5 Å². The van der Waals surface area contributed by atoms with Crippen molar-refractivity contribution in [3.8, 4) is 0 Å². The second kappa shape index (κ2) is 12.5. The third-order valence-electron chi connectivity index (χ3n) is 4.30. The molecule has 0 saturated carbocycles. The first-order chi connectivity index (χ1) is 9.88. The molecule has 0 aliphatic heterocycles. The second-order valence-corrected chi connectivity index (χ2v) is 6.05. The van der Waals surface area contributed by atoms with Gasteiger partial charge in [-0.1, -0.05) is 19.8 Å². The summed E-state index contributed by atoms with van der Waals surface area (Å²) in [5.41, 5.74) is 3.12. The third-order valence-corrected chi connectivity index (χ3v) is 4.30. The first-order valence-corrected chi connectivity index (χ1v) is 8.95. The second-order valence-electron chi connectivity index (χ2n) is 6.05. The molecule has 108 valence electrons. The minimum atomic E-state index is 1.17. The molecule has 0 aliphatic carbocycles. The van der Waals surface area contributed by atoms with Crippen molar-refractivity contribution < 1.29 is 0 Å². The van der Waals surface area contributed by atoms with Gasteiger partial charge in [0.05, 0.1) is 0 Å².